The lowest BCUT2D eigenvalue weighted by Crippen LogP contribution is -2.34. The van der Waals surface area contributed by atoms with E-state index in [-0.39, 0.29) is 12.4 Å². The smallest absolute Gasteiger partial charge is 0 e. The summed E-state index contributed by atoms with van der Waals surface area (Å²) in [4.78, 5) is 0. The highest BCUT2D eigenvalue weighted by Crippen LogP contribution is 2.48. The largest absolute Gasteiger partial charge is 0.412 e. The van der Waals surface area contributed by atoms with Gasteiger partial charge in [0.25, 0.3) is 0 Å². The molecule has 0 saturated heterocycles. The molecule has 3 aliphatic carbocycles. The van der Waals surface area contributed by atoms with E-state index in [0.717, 1.165) is 47.3 Å². The van der Waals surface area contributed by atoms with Crippen LogP contribution < -0.4 is 0 Å². The molecule has 0 amide bonds. The molecule has 0 aliphatic heterocycles. The van der Waals surface area contributed by atoms with Gasteiger partial charge < -0.3 is 11.0 Å². The second kappa shape index (κ2) is 9.57. The molecule has 146 valence electrons. The Morgan fingerprint density at radius 1 is 0.500 bits per heavy atom. The quantitative estimate of drug-likeness (QED) is 0.633. The third-order valence-electron chi connectivity index (χ3n) is 8.35. The van der Waals surface area contributed by atoms with Crippen LogP contribution in [-0.4, -0.2) is 11.0 Å². The van der Waals surface area contributed by atoms with Gasteiger partial charge in [0.2, 0.25) is 0 Å². The highest BCUT2D eigenvalue weighted by molar-refractivity contribution is 4.88. The molecule has 2 heteroatoms. The Balaban J connectivity index is 0.00000192. The number of rotatable bonds is 2. The molecule has 3 rings (SSSR count). The summed E-state index contributed by atoms with van der Waals surface area (Å²) >= 11 is 0. The molecule has 3 aliphatic rings. The van der Waals surface area contributed by atoms with Crippen molar-refractivity contribution in [3.8, 4) is 0 Å². The van der Waals surface area contributed by atoms with Crippen molar-refractivity contribution in [1.29, 1.82) is 0 Å². The van der Waals surface area contributed by atoms with Gasteiger partial charge in [0.05, 0.1) is 0 Å². The van der Waals surface area contributed by atoms with Crippen LogP contribution in [0.2, 0.25) is 0 Å². The molecule has 4 N–H and O–H groups in total. The van der Waals surface area contributed by atoms with E-state index in [1.54, 1.807) is 38.5 Å². The van der Waals surface area contributed by atoms with Gasteiger partial charge in [0.1, 0.15) is 0 Å². The van der Waals surface area contributed by atoms with Crippen molar-refractivity contribution in [1.82, 2.24) is 0 Å². The molecular weight excluding hydrogens is 296 g/mol. The Morgan fingerprint density at radius 2 is 0.833 bits per heavy atom. The average molecular weight is 343 g/mol. The van der Waals surface area contributed by atoms with Crippen LogP contribution in [0.4, 0.5) is 0 Å². The van der Waals surface area contributed by atoms with Crippen LogP contribution >= 0.6 is 0 Å². The maximum atomic E-state index is 2.52. The van der Waals surface area contributed by atoms with Gasteiger partial charge in [-0.15, -0.1) is 0 Å². The fourth-order valence-corrected chi connectivity index (χ4v) is 6.27. The van der Waals surface area contributed by atoms with E-state index < -0.39 is 0 Å². The second-order valence-corrected chi connectivity index (χ2v) is 9.74. The van der Waals surface area contributed by atoms with Gasteiger partial charge in [-0.3, -0.25) is 0 Å². The highest BCUT2D eigenvalue weighted by Gasteiger charge is 2.37. The molecule has 0 spiro atoms. The lowest BCUT2D eigenvalue weighted by molar-refractivity contribution is 0.0649. The van der Waals surface area contributed by atoms with E-state index in [9.17, 15) is 0 Å². The van der Waals surface area contributed by atoms with Crippen molar-refractivity contribution in [2.24, 2.45) is 47.3 Å². The summed E-state index contributed by atoms with van der Waals surface area (Å²) in [7, 11) is 0. The van der Waals surface area contributed by atoms with Gasteiger partial charge in [0.15, 0.2) is 0 Å². The Hall–Kier alpha value is -0.0800. The molecule has 0 heterocycles. The van der Waals surface area contributed by atoms with Crippen molar-refractivity contribution < 1.29 is 12.4 Å². The topological polar surface area (TPSA) is 63.0 Å². The third kappa shape index (κ3) is 4.97. The monoisotopic (exact) mass is 342 g/mol. The molecular formula is C22H46O2. The van der Waals surface area contributed by atoms with E-state index in [2.05, 4.69) is 27.7 Å². The van der Waals surface area contributed by atoms with Gasteiger partial charge >= 0.3 is 0 Å². The van der Waals surface area contributed by atoms with Crippen LogP contribution in [0.25, 0.3) is 0 Å². The van der Waals surface area contributed by atoms with Crippen molar-refractivity contribution in [3.63, 3.8) is 0 Å². The zero-order valence-electron chi connectivity index (χ0n) is 16.7. The van der Waals surface area contributed by atoms with Gasteiger partial charge in [-0.05, 0) is 98.7 Å². The molecule has 2 unspecified atom stereocenters. The molecule has 3 fully saturated rings. The highest BCUT2D eigenvalue weighted by atomic mass is 16.0. The Bertz CT molecular complexity index is 334. The third-order valence-corrected chi connectivity index (χ3v) is 8.35. The average Bonchev–Trinajstić information content (AvgIpc) is 2.53. The fraction of sp³-hybridized carbons (Fsp3) is 1.00. The van der Waals surface area contributed by atoms with Crippen LogP contribution in [0, 0.1) is 47.3 Å². The standard InChI is InChI=1S/C22H40.2H2O.H2/c1-15-5-7-19(8-6-15)20-9-11-21(12-10-20)22-13-16(2)18(4)17(3)14-22;;;/h15-22H,5-14H2,1-4H3;2*1H2;1H. The summed E-state index contributed by atoms with van der Waals surface area (Å²) in [5.41, 5.74) is 0. The normalized spacial score (nSPS) is 46.5. The number of hydrogen-bond acceptors (Lipinski definition) is 0. The molecule has 24 heavy (non-hydrogen) atoms. The lowest BCUT2D eigenvalue weighted by Gasteiger charge is -2.44. The lowest BCUT2D eigenvalue weighted by atomic mass is 9.61. The molecule has 3 saturated carbocycles. The maximum Gasteiger partial charge on any atom is 0 e. The minimum atomic E-state index is 0. The van der Waals surface area contributed by atoms with Gasteiger partial charge in [0, 0.05) is 1.43 Å². The van der Waals surface area contributed by atoms with Crippen molar-refractivity contribution in [3.05, 3.63) is 0 Å². The first-order valence-electron chi connectivity index (χ1n) is 10.5. The predicted molar refractivity (Wildman–Crippen MR) is 106 cm³/mol. The van der Waals surface area contributed by atoms with Crippen molar-refractivity contribution in [2.45, 2.75) is 91.9 Å². The molecule has 0 bridgehead atoms. The van der Waals surface area contributed by atoms with E-state index in [1.165, 1.54) is 25.7 Å². The number of hydrogen-bond donors (Lipinski definition) is 0. The van der Waals surface area contributed by atoms with Gasteiger partial charge in [-0.1, -0.05) is 40.5 Å². The van der Waals surface area contributed by atoms with Gasteiger partial charge in [-0.25, -0.2) is 0 Å². The maximum absolute atomic E-state index is 2.52. The SMILES string of the molecule is CC1CCC(C2CCC(C3CC(C)C(C)C(C)C3)CC2)CC1.O.O.[HH]. The summed E-state index contributed by atoms with van der Waals surface area (Å²) < 4.78 is 0. The zero-order chi connectivity index (χ0) is 15.7. The first-order chi connectivity index (χ1) is 10.5. The molecule has 0 aromatic rings. The summed E-state index contributed by atoms with van der Waals surface area (Å²) in [6, 6.07) is 0. The van der Waals surface area contributed by atoms with E-state index >= 15 is 0 Å². The van der Waals surface area contributed by atoms with E-state index in [4.69, 9.17) is 0 Å². The first-order valence-corrected chi connectivity index (χ1v) is 10.5. The van der Waals surface area contributed by atoms with Crippen molar-refractivity contribution in [2.75, 3.05) is 0 Å². The van der Waals surface area contributed by atoms with Crippen molar-refractivity contribution >= 4 is 0 Å². The molecule has 0 aromatic heterocycles. The van der Waals surface area contributed by atoms with E-state index in [1.807, 2.05) is 0 Å². The molecule has 0 aromatic carbocycles. The Kier molecular flexibility index (Phi) is 8.76. The second-order valence-electron chi connectivity index (χ2n) is 9.74. The van der Waals surface area contributed by atoms with Crippen LogP contribution in [0.5, 0.6) is 0 Å². The molecule has 2 nitrogen and oxygen atoms in total. The van der Waals surface area contributed by atoms with E-state index in [0.29, 0.717) is 0 Å². The fourth-order valence-electron chi connectivity index (χ4n) is 6.27. The first kappa shape index (κ1) is 22.0. The van der Waals surface area contributed by atoms with Crippen LogP contribution in [-0.2, 0) is 0 Å². The van der Waals surface area contributed by atoms with Crippen LogP contribution in [0.1, 0.15) is 93.3 Å². The summed E-state index contributed by atoms with van der Waals surface area (Å²) in [5.74, 6) is 8.24. The Labute approximate surface area is 152 Å². The summed E-state index contributed by atoms with van der Waals surface area (Å²) in [6.07, 6.45) is 15.4. The molecule has 2 atom stereocenters. The zero-order valence-corrected chi connectivity index (χ0v) is 16.7. The Morgan fingerprint density at radius 3 is 1.25 bits per heavy atom. The summed E-state index contributed by atoms with van der Waals surface area (Å²) in [6.45, 7) is 9.98. The predicted octanol–water partition coefficient (Wildman–Crippen LogP) is 5.53. The minimum absolute atomic E-state index is 0. The molecule has 0 radical (unpaired) electrons. The summed E-state index contributed by atoms with van der Waals surface area (Å²) in [5, 5.41) is 0. The van der Waals surface area contributed by atoms with Crippen LogP contribution in [0.3, 0.4) is 0 Å². The van der Waals surface area contributed by atoms with Crippen LogP contribution in [0.15, 0.2) is 0 Å². The minimum Gasteiger partial charge on any atom is -0.412 e. The van der Waals surface area contributed by atoms with Gasteiger partial charge in [-0.2, -0.15) is 0 Å².